The fraction of sp³-hybridized carbons (Fsp3) is 0.643. The van der Waals surface area contributed by atoms with E-state index < -0.39 is 0 Å². The molecule has 1 fully saturated rings. The molecule has 1 aromatic heterocycles. The fourth-order valence-corrected chi connectivity index (χ4v) is 2.30. The first-order chi connectivity index (χ1) is 8.20. The van der Waals surface area contributed by atoms with Gasteiger partial charge in [-0.05, 0) is 43.5 Å². The van der Waals surface area contributed by atoms with Crippen molar-refractivity contribution in [2.75, 3.05) is 25.0 Å². The third kappa shape index (κ3) is 2.97. The highest BCUT2D eigenvalue weighted by atomic mass is 15.2. The van der Waals surface area contributed by atoms with Crippen LogP contribution in [0.15, 0.2) is 12.1 Å². The van der Waals surface area contributed by atoms with E-state index in [2.05, 4.69) is 36.2 Å². The van der Waals surface area contributed by atoms with Crippen LogP contribution in [0.1, 0.15) is 43.9 Å². The second kappa shape index (κ2) is 5.50. The Morgan fingerprint density at radius 3 is 2.59 bits per heavy atom. The number of rotatable bonds is 4. The first kappa shape index (κ1) is 12.4. The van der Waals surface area contributed by atoms with E-state index in [9.17, 15) is 0 Å². The molecule has 3 nitrogen and oxygen atoms in total. The Morgan fingerprint density at radius 2 is 2.00 bits per heavy atom. The van der Waals surface area contributed by atoms with E-state index in [0.717, 1.165) is 19.6 Å². The molecule has 0 radical (unpaired) electrons. The fourth-order valence-electron chi connectivity index (χ4n) is 2.30. The second-order valence-corrected chi connectivity index (χ2v) is 5.14. The lowest BCUT2D eigenvalue weighted by molar-refractivity contribution is 0.780. The molecule has 3 heteroatoms. The summed E-state index contributed by atoms with van der Waals surface area (Å²) in [5, 5.41) is 3.22. The topological polar surface area (TPSA) is 28.2 Å². The predicted molar refractivity (Wildman–Crippen MR) is 72.5 cm³/mol. The van der Waals surface area contributed by atoms with Gasteiger partial charge in [0.1, 0.15) is 5.82 Å². The maximum Gasteiger partial charge on any atom is 0.129 e. The summed E-state index contributed by atoms with van der Waals surface area (Å²) in [7, 11) is 1.99. The molecule has 2 rings (SSSR count). The molecule has 1 aromatic rings. The van der Waals surface area contributed by atoms with Crippen LogP contribution in [0.4, 0.5) is 5.82 Å². The van der Waals surface area contributed by atoms with Crippen molar-refractivity contribution in [3.8, 4) is 0 Å². The van der Waals surface area contributed by atoms with Crippen LogP contribution >= 0.6 is 0 Å². The lowest BCUT2D eigenvalue weighted by atomic mass is 10.1. The molecule has 1 saturated heterocycles. The van der Waals surface area contributed by atoms with Crippen molar-refractivity contribution in [3.05, 3.63) is 23.4 Å². The standard InChI is InChI=1S/C14H23N3/c1-11(2)13-8-12(10-15-3)9-14(16-13)17-6-4-5-7-17/h8-9,11,15H,4-7,10H2,1-3H3. The highest BCUT2D eigenvalue weighted by molar-refractivity contribution is 5.44. The largest absolute Gasteiger partial charge is 0.357 e. The summed E-state index contributed by atoms with van der Waals surface area (Å²) in [5.41, 5.74) is 2.55. The van der Waals surface area contributed by atoms with Gasteiger partial charge in [-0.15, -0.1) is 0 Å². The monoisotopic (exact) mass is 233 g/mol. The molecule has 94 valence electrons. The van der Waals surface area contributed by atoms with E-state index in [1.165, 1.54) is 29.9 Å². The lowest BCUT2D eigenvalue weighted by Gasteiger charge is -2.19. The third-order valence-electron chi connectivity index (χ3n) is 3.29. The average molecular weight is 233 g/mol. The quantitative estimate of drug-likeness (QED) is 0.866. The zero-order valence-electron chi connectivity index (χ0n) is 11.2. The van der Waals surface area contributed by atoms with E-state index in [4.69, 9.17) is 4.98 Å². The molecule has 0 atom stereocenters. The van der Waals surface area contributed by atoms with Crippen LogP contribution in [0.5, 0.6) is 0 Å². The normalized spacial score (nSPS) is 15.9. The number of anilines is 1. The minimum Gasteiger partial charge on any atom is -0.357 e. The Morgan fingerprint density at radius 1 is 1.29 bits per heavy atom. The molecule has 0 aromatic carbocycles. The minimum atomic E-state index is 0.494. The number of nitrogens with one attached hydrogen (secondary N) is 1. The van der Waals surface area contributed by atoms with Gasteiger partial charge in [0.05, 0.1) is 0 Å². The molecule has 0 saturated carbocycles. The highest BCUT2D eigenvalue weighted by Gasteiger charge is 2.15. The third-order valence-corrected chi connectivity index (χ3v) is 3.29. The van der Waals surface area contributed by atoms with Crippen molar-refractivity contribution in [2.24, 2.45) is 0 Å². The van der Waals surface area contributed by atoms with Gasteiger partial charge in [-0.1, -0.05) is 13.8 Å². The molecule has 0 aliphatic carbocycles. The van der Waals surface area contributed by atoms with Crippen molar-refractivity contribution in [3.63, 3.8) is 0 Å². The van der Waals surface area contributed by atoms with E-state index in [-0.39, 0.29) is 0 Å². The van der Waals surface area contributed by atoms with E-state index in [1.54, 1.807) is 0 Å². The summed E-state index contributed by atoms with van der Waals surface area (Å²) in [6, 6.07) is 4.45. The number of aromatic nitrogens is 1. The Balaban J connectivity index is 2.29. The molecule has 0 amide bonds. The summed E-state index contributed by atoms with van der Waals surface area (Å²) in [5.74, 6) is 1.66. The maximum absolute atomic E-state index is 4.80. The highest BCUT2D eigenvalue weighted by Crippen LogP contribution is 2.23. The Hall–Kier alpha value is -1.09. The van der Waals surface area contributed by atoms with Gasteiger partial charge in [0.15, 0.2) is 0 Å². The molecule has 0 unspecified atom stereocenters. The molecule has 1 aliphatic heterocycles. The molecule has 1 N–H and O–H groups in total. The summed E-state index contributed by atoms with van der Waals surface area (Å²) >= 11 is 0. The molecule has 1 aliphatic rings. The first-order valence-corrected chi connectivity index (χ1v) is 6.61. The number of hydrogen-bond acceptors (Lipinski definition) is 3. The molecule has 17 heavy (non-hydrogen) atoms. The van der Waals surface area contributed by atoms with Crippen LogP contribution in [-0.2, 0) is 6.54 Å². The lowest BCUT2D eigenvalue weighted by Crippen LogP contribution is -2.20. The number of pyridine rings is 1. The molecule has 0 bridgehead atoms. The van der Waals surface area contributed by atoms with Gasteiger partial charge in [0.2, 0.25) is 0 Å². The van der Waals surface area contributed by atoms with Crippen molar-refractivity contribution < 1.29 is 0 Å². The van der Waals surface area contributed by atoms with Crippen molar-refractivity contribution >= 4 is 5.82 Å². The Labute approximate surface area is 104 Å². The van der Waals surface area contributed by atoms with Gasteiger partial charge in [0, 0.05) is 25.3 Å². The van der Waals surface area contributed by atoms with Crippen LogP contribution < -0.4 is 10.2 Å². The molecular formula is C14H23N3. The maximum atomic E-state index is 4.80. The molecular weight excluding hydrogens is 210 g/mol. The first-order valence-electron chi connectivity index (χ1n) is 6.61. The summed E-state index contributed by atoms with van der Waals surface area (Å²) in [4.78, 5) is 7.20. The summed E-state index contributed by atoms with van der Waals surface area (Å²) in [6.07, 6.45) is 2.60. The SMILES string of the molecule is CNCc1cc(C(C)C)nc(N2CCCC2)c1. The van der Waals surface area contributed by atoms with Crippen molar-refractivity contribution in [1.82, 2.24) is 10.3 Å². The Kier molecular flexibility index (Phi) is 4.00. The predicted octanol–water partition coefficient (Wildman–Crippen LogP) is 2.52. The van der Waals surface area contributed by atoms with E-state index >= 15 is 0 Å². The molecule has 0 spiro atoms. The van der Waals surface area contributed by atoms with E-state index in [0.29, 0.717) is 5.92 Å². The second-order valence-electron chi connectivity index (χ2n) is 5.14. The van der Waals surface area contributed by atoms with E-state index in [1.807, 2.05) is 7.05 Å². The number of nitrogens with zero attached hydrogens (tertiary/aromatic N) is 2. The minimum absolute atomic E-state index is 0.494. The van der Waals surface area contributed by atoms with Gasteiger partial charge >= 0.3 is 0 Å². The smallest absolute Gasteiger partial charge is 0.129 e. The van der Waals surface area contributed by atoms with Gasteiger partial charge in [-0.25, -0.2) is 4.98 Å². The molecule has 2 heterocycles. The van der Waals surface area contributed by atoms with Crippen molar-refractivity contribution in [2.45, 2.75) is 39.2 Å². The van der Waals surface area contributed by atoms with Gasteiger partial charge in [-0.2, -0.15) is 0 Å². The average Bonchev–Trinajstić information content (AvgIpc) is 2.82. The van der Waals surface area contributed by atoms with Crippen LogP contribution in [0.25, 0.3) is 0 Å². The summed E-state index contributed by atoms with van der Waals surface area (Å²) < 4.78 is 0. The van der Waals surface area contributed by atoms with Crippen molar-refractivity contribution in [1.29, 1.82) is 0 Å². The van der Waals surface area contributed by atoms with Crippen LogP contribution in [0.2, 0.25) is 0 Å². The van der Waals surface area contributed by atoms with Crippen LogP contribution in [-0.4, -0.2) is 25.1 Å². The van der Waals surface area contributed by atoms with Gasteiger partial charge < -0.3 is 10.2 Å². The summed E-state index contributed by atoms with van der Waals surface area (Å²) in [6.45, 7) is 7.66. The van der Waals surface area contributed by atoms with Gasteiger partial charge in [-0.3, -0.25) is 0 Å². The van der Waals surface area contributed by atoms with Crippen LogP contribution in [0.3, 0.4) is 0 Å². The number of hydrogen-bond donors (Lipinski definition) is 1. The zero-order chi connectivity index (χ0) is 12.3. The van der Waals surface area contributed by atoms with Gasteiger partial charge in [0.25, 0.3) is 0 Å². The van der Waals surface area contributed by atoms with Crippen LogP contribution in [0, 0.1) is 0 Å². The zero-order valence-corrected chi connectivity index (χ0v) is 11.2. The Bertz CT molecular complexity index is 368.